The molecule has 0 fully saturated rings. The van der Waals surface area contributed by atoms with Crippen molar-refractivity contribution in [2.45, 2.75) is 336 Å². The summed E-state index contributed by atoms with van der Waals surface area (Å²) >= 11 is 0. The van der Waals surface area contributed by atoms with Gasteiger partial charge in [-0.15, -0.1) is 0 Å². The summed E-state index contributed by atoms with van der Waals surface area (Å²) in [5.74, 6) is -0.0228. The van der Waals surface area contributed by atoms with Crippen LogP contribution >= 0.6 is 15.6 Å². The third-order valence-electron chi connectivity index (χ3n) is 15.3. The zero-order valence-corrected chi connectivity index (χ0v) is 58.5. The standard InChI is InChI=1S/C69H130O17P2/c1-8-9-10-11-12-13-14-15-16-17-18-22-28-36-43-50-66(71)79-57-65(86-69(74)53-46-39-32-31-35-42-49-62(6)7)59-84-88(77,78)82-55-63(70)54-81-87(75,76)83-58-64(56-80-67(72)51-44-37-29-25-24-27-34-41-48-61(4)5)85-68(73)52-45-38-30-23-20-19-21-26-33-40-47-60(2)3/h13-16,60-65,70H,8-12,17-59H2,1-7H3,(H,75,76)(H,77,78)/b14-13-,16-15-/t63?,64-,65-/m1/s1. The van der Waals surface area contributed by atoms with Gasteiger partial charge in [-0.1, -0.05) is 265 Å². The van der Waals surface area contributed by atoms with Gasteiger partial charge in [0.25, 0.3) is 0 Å². The van der Waals surface area contributed by atoms with Gasteiger partial charge in [0.05, 0.1) is 26.4 Å². The van der Waals surface area contributed by atoms with Crippen molar-refractivity contribution in [1.82, 2.24) is 0 Å². The van der Waals surface area contributed by atoms with Crippen LogP contribution in [-0.2, 0) is 65.4 Å². The summed E-state index contributed by atoms with van der Waals surface area (Å²) in [7, 11) is -9.91. The minimum atomic E-state index is -4.96. The van der Waals surface area contributed by atoms with Crippen LogP contribution in [0.2, 0.25) is 0 Å². The first-order chi connectivity index (χ1) is 42.2. The lowest BCUT2D eigenvalue weighted by Crippen LogP contribution is -2.30. The van der Waals surface area contributed by atoms with E-state index in [1.165, 1.54) is 109 Å². The second kappa shape index (κ2) is 59.5. The van der Waals surface area contributed by atoms with E-state index < -0.39 is 97.5 Å². The Balaban J connectivity index is 5.26. The average molecular weight is 1290 g/mol. The number of carbonyl (C=O) groups is 4. The molecule has 0 spiro atoms. The van der Waals surface area contributed by atoms with Crippen molar-refractivity contribution >= 4 is 39.5 Å². The molecule has 0 amide bonds. The molecule has 3 unspecified atom stereocenters. The lowest BCUT2D eigenvalue weighted by Gasteiger charge is -2.21. The molecule has 0 saturated heterocycles. The third-order valence-corrected chi connectivity index (χ3v) is 17.2. The Kier molecular flexibility index (Phi) is 57.9. The van der Waals surface area contributed by atoms with Crippen LogP contribution in [0.3, 0.4) is 0 Å². The lowest BCUT2D eigenvalue weighted by molar-refractivity contribution is -0.161. The van der Waals surface area contributed by atoms with Crippen molar-refractivity contribution in [3.63, 3.8) is 0 Å². The Morgan fingerprint density at radius 3 is 0.920 bits per heavy atom. The molecule has 3 N–H and O–H groups in total. The predicted octanol–water partition coefficient (Wildman–Crippen LogP) is 19.0. The van der Waals surface area contributed by atoms with E-state index in [-0.39, 0.29) is 25.7 Å². The Bertz CT molecular complexity index is 1830. The summed E-state index contributed by atoms with van der Waals surface area (Å²) in [5.41, 5.74) is 0. The number of ether oxygens (including phenoxy) is 4. The van der Waals surface area contributed by atoms with Crippen molar-refractivity contribution < 1.29 is 80.2 Å². The van der Waals surface area contributed by atoms with Crippen molar-refractivity contribution in [1.29, 1.82) is 0 Å². The topological polar surface area (TPSA) is 237 Å². The Morgan fingerprint density at radius 2 is 0.614 bits per heavy atom. The highest BCUT2D eigenvalue weighted by Gasteiger charge is 2.30. The zero-order valence-electron chi connectivity index (χ0n) is 56.7. The molecule has 17 nitrogen and oxygen atoms in total. The van der Waals surface area contributed by atoms with Gasteiger partial charge < -0.3 is 33.8 Å². The van der Waals surface area contributed by atoms with Crippen LogP contribution in [0.5, 0.6) is 0 Å². The Hall–Kier alpha value is -2.46. The number of rotatable bonds is 65. The van der Waals surface area contributed by atoms with Crippen LogP contribution in [-0.4, -0.2) is 96.7 Å². The fourth-order valence-electron chi connectivity index (χ4n) is 9.82. The maximum absolute atomic E-state index is 13.0. The summed E-state index contributed by atoms with van der Waals surface area (Å²) < 4.78 is 68.1. The van der Waals surface area contributed by atoms with Gasteiger partial charge in [-0.2, -0.15) is 0 Å². The number of carbonyl (C=O) groups excluding carboxylic acids is 4. The van der Waals surface area contributed by atoms with Gasteiger partial charge >= 0.3 is 39.5 Å². The highest BCUT2D eigenvalue weighted by molar-refractivity contribution is 7.47. The smallest absolute Gasteiger partial charge is 0.462 e. The minimum Gasteiger partial charge on any atom is -0.462 e. The molecule has 19 heteroatoms. The molecule has 0 aromatic heterocycles. The fraction of sp³-hybridized carbons (Fsp3) is 0.884. The van der Waals surface area contributed by atoms with Crippen molar-refractivity contribution in [2.75, 3.05) is 39.6 Å². The van der Waals surface area contributed by atoms with E-state index in [1.807, 2.05) is 0 Å². The summed E-state index contributed by atoms with van der Waals surface area (Å²) in [6.07, 6.45) is 45.5. The summed E-state index contributed by atoms with van der Waals surface area (Å²) in [5, 5.41) is 10.6. The molecule has 88 heavy (non-hydrogen) atoms. The summed E-state index contributed by atoms with van der Waals surface area (Å²) in [6, 6.07) is 0. The molecule has 518 valence electrons. The molecule has 0 rings (SSSR count). The maximum Gasteiger partial charge on any atom is 0.472 e. The Morgan fingerprint density at radius 1 is 0.352 bits per heavy atom. The van der Waals surface area contributed by atoms with E-state index in [0.29, 0.717) is 31.6 Å². The molecule has 0 saturated carbocycles. The van der Waals surface area contributed by atoms with Gasteiger partial charge in [0, 0.05) is 25.7 Å². The first-order valence-electron chi connectivity index (χ1n) is 35.2. The van der Waals surface area contributed by atoms with E-state index in [2.05, 4.69) is 72.8 Å². The number of hydrogen-bond donors (Lipinski definition) is 3. The Labute approximate surface area is 535 Å². The fourth-order valence-corrected chi connectivity index (χ4v) is 11.4. The normalized spacial score (nSPS) is 14.4. The quantitative estimate of drug-likeness (QED) is 0.0169. The first kappa shape index (κ1) is 85.5. The number of allylic oxidation sites excluding steroid dienone is 4. The third kappa shape index (κ3) is 62.4. The number of phosphoric acid groups is 2. The second-order valence-electron chi connectivity index (χ2n) is 25.7. The van der Waals surface area contributed by atoms with Crippen LogP contribution in [0.1, 0.15) is 318 Å². The second-order valence-corrected chi connectivity index (χ2v) is 28.6. The lowest BCUT2D eigenvalue weighted by atomic mass is 10.0. The predicted molar refractivity (Wildman–Crippen MR) is 354 cm³/mol. The molecule has 0 bridgehead atoms. The van der Waals surface area contributed by atoms with E-state index in [1.54, 1.807) is 0 Å². The molecular formula is C69H130O17P2. The molecular weight excluding hydrogens is 1160 g/mol. The van der Waals surface area contributed by atoms with Gasteiger partial charge in [0.2, 0.25) is 0 Å². The van der Waals surface area contributed by atoms with Crippen LogP contribution in [0, 0.1) is 17.8 Å². The summed E-state index contributed by atoms with van der Waals surface area (Å²) in [4.78, 5) is 72.4. The number of esters is 4. The maximum atomic E-state index is 13.0. The number of aliphatic hydroxyl groups is 1. The monoisotopic (exact) mass is 1290 g/mol. The molecule has 0 aromatic rings. The molecule has 0 heterocycles. The largest absolute Gasteiger partial charge is 0.472 e. The molecule has 0 aromatic carbocycles. The average Bonchev–Trinajstić information content (AvgIpc) is 3.58. The van der Waals surface area contributed by atoms with E-state index >= 15 is 0 Å². The number of unbranched alkanes of at least 4 members (excludes halogenated alkanes) is 30. The van der Waals surface area contributed by atoms with E-state index in [9.17, 15) is 43.2 Å². The van der Waals surface area contributed by atoms with Crippen LogP contribution in [0.15, 0.2) is 24.3 Å². The van der Waals surface area contributed by atoms with Crippen LogP contribution in [0.4, 0.5) is 0 Å². The van der Waals surface area contributed by atoms with Crippen molar-refractivity contribution in [3.05, 3.63) is 24.3 Å². The molecule has 0 radical (unpaired) electrons. The van der Waals surface area contributed by atoms with Gasteiger partial charge in [0.15, 0.2) is 12.2 Å². The number of aliphatic hydroxyl groups excluding tert-OH is 1. The van der Waals surface area contributed by atoms with E-state index in [0.717, 1.165) is 121 Å². The number of phosphoric ester groups is 2. The van der Waals surface area contributed by atoms with Crippen LogP contribution < -0.4 is 0 Å². The number of hydrogen-bond acceptors (Lipinski definition) is 15. The van der Waals surface area contributed by atoms with Gasteiger partial charge in [-0.25, -0.2) is 9.13 Å². The van der Waals surface area contributed by atoms with Crippen molar-refractivity contribution in [3.8, 4) is 0 Å². The van der Waals surface area contributed by atoms with E-state index in [4.69, 9.17) is 37.0 Å². The highest BCUT2D eigenvalue weighted by Crippen LogP contribution is 2.45. The highest BCUT2D eigenvalue weighted by atomic mass is 31.2. The molecule has 5 atom stereocenters. The van der Waals surface area contributed by atoms with Gasteiger partial charge in [-0.05, 0) is 69.1 Å². The van der Waals surface area contributed by atoms with Crippen molar-refractivity contribution in [2.24, 2.45) is 17.8 Å². The first-order valence-corrected chi connectivity index (χ1v) is 38.2. The minimum absolute atomic E-state index is 0.0948. The SMILES string of the molecule is CCCCCC/C=C\C=C/CCCCCCCC(=O)OC[C@H](COP(=O)(O)OCC(O)COP(=O)(O)OC[C@@H](COC(=O)CCCCCCCCCCC(C)C)OC(=O)CCCCCCCCCCCCC(C)C)OC(=O)CCCCCCCCC(C)C. The van der Waals surface area contributed by atoms with Gasteiger partial charge in [0.1, 0.15) is 19.3 Å². The summed E-state index contributed by atoms with van der Waals surface area (Å²) in [6.45, 7) is 11.6. The molecule has 0 aliphatic rings. The molecule has 0 aliphatic heterocycles. The molecule has 0 aliphatic carbocycles. The zero-order chi connectivity index (χ0) is 65.2. The van der Waals surface area contributed by atoms with Gasteiger partial charge in [-0.3, -0.25) is 37.3 Å². The van der Waals surface area contributed by atoms with Crippen LogP contribution in [0.25, 0.3) is 0 Å².